The molecule has 0 aromatic heterocycles. The first-order chi connectivity index (χ1) is 9.97. The van der Waals surface area contributed by atoms with Gasteiger partial charge < -0.3 is 5.11 Å². The quantitative estimate of drug-likeness (QED) is 0.687. The van der Waals surface area contributed by atoms with Crippen molar-refractivity contribution in [2.24, 2.45) is 28.6 Å². The van der Waals surface area contributed by atoms with E-state index in [1.165, 1.54) is 38.5 Å². The van der Waals surface area contributed by atoms with Gasteiger partial charge in [0.15, 0.2) is 5.78 Å². The van der Waals surface area contributed by atoms with Crippen molar-refractivity contribution in [2.75, 3.05) is 0 Å². The minimum Gasteiger partial charge on any atom is -0.385 e. The van der Waals surface area contributed by atoms with Gasteiger partial charge in [-0.15, -0.1) is 0 Å². The number of Topliss-reactive ketones (excluding diaryl/α,β-unsaturated/α-hetero) is 1. The number of carbonyl (C=O) groups excluding carboxylic acids is 1. The molecule has 21 heavy (non-hydrogen) atoms. The smallest absolute Gasteiger partial charge is 0.167 e. The Bertz CT molecular complexity index is 508. The van der Waals surface area contributed by atoms with Crippen molar-refractivity contribution in [3.63, 3.8) is 0 Å². The summed E-state index contributed by atoms with van der Waals surface area (Å²) in [6.07, 6.45) is 11.1. The van der Waals surface area contributed by atoms with Crippen molar-refractivity contribution in [3.8, 4) is 0 Å². The van der Waals surface area contributed by atoms with Gasteiger partial charge >= 0.3 is 0 Å². The molecular weight excluding hydrogens is 260 g/mol. The van der Waals surface area contributed by atoms with Crippen LogP contribution in [0.3, 0.4) is 0 Å². The van der Waals surface area contributed by atoms with Gasteiger partial charge in [0.25, 0.3) is 0 Å². The zero-order chi connectivity index (χ0) is 14.8. The summed E-state index contributed by atoms with van der Waals surface area (Å²) in [5.41, 5.74) is 1.87. The second-order valence-electron chi connectivity index (χ2n) is 8.53. The monoisotopic (exact) mass is 288 g/mol. The first-order valence-corrected chi connectivity index (χ1v) is 8.89. The van der Waals surface area contributed by atoms with Crippen LogP contribution in [0, 0.1) is 28.6 Å². The van der Waals surface area contributed by atoms with E-state index in [1.54, 1.807) is 5.57 Å². The van der Waals surface area contributed by atoms with Gasteiger partial charge in [-0.25, -0.2) is 0 Å². The molecule has 0 aromatic carbocycles. The number of hydrogen-bond donors (Lipinski definition) is 1. The molecule has 0 amide bonds. The van der Waals surface area contributed by atoms with Gasteiger partial charge in [0, 0.05) is 5.41 Å². The maximum atomic E-state index is 12.4. The summed E-state index contributed by atoms with van der Waals surface area (Å²) in [5.74, 6) is 1.97. The third-order valence-corrected chi connectivity index (χ3v) is 7.76. The van der Waals surface area contributed by atoms with Crippen molar-refractivity contribution in [1.82, 2.24) is 0 Å². The Morgan fingerprint density at radius 3 is 2.76 bits per heavy atom. The van der Waals surface area contributed by atoms with Crippen LogP contribution in [-0.2, 0) is 4.79 Å². The van der Waals surface area contributed by atoms with Gasteiger partial charge in [-0.1, -0.05) is 25.5 Å². The Balaban J connectivity index is 1.70. The molecular formula is C19H28O2. The van der Waals surface area contributed by atoms with E-state index in [2.05, 4.69) is 19.9 Å². The first-order valence-electron chi connectivity index (χ1n) is 8.89. The molecule has 1 N–H and O–H groups in total. The lowest BCUT2D eigenvalue weighted by Crippen LogP contribution is -2.50. The minimum absolute atomic E-state index is 0.140. The van der Waals surface area contributed by atoms with Crippen molar-refractivity contribution in [3.05, 3.63) is 11.6 Å². The van der Waals surface area contributed by atoms with Crippen LogP contribution in [0.2, 0.25) is 0 Å². The largest absolute Gasteiger partial charge is 0.385 e. The van der Waals surface area contributed by atoms with Gasteiger partial charge in [-0.2, -0.15) is 0 Å². The van der Waals surface area contributed by atoms with E-state index < -0.39 is 6.10 Å². The second-order valence-corrected chi connectivity index (χ2v) is 8.53. The number of allylic oxidation sites excluding steroid dienone is 2. The van der Waals surface area contributed by atoms with Crippen LogP contribution in [0.15, 0.2) is 11.6 Å². The zero-order valence-electron chi connectivity index (χ0n) is 13.4. The van der Waals surface area contributed by atoms with Crippen LogP contribution in [-0.4, -0.2) is 17.0 Å². The summed E-state index contributed by atoms with van der Waals surface area (Å²) in [5, 5.41) is 10.1. The van der Waals surface area contributed by atoms with E-state index in [0.29, 0.717) is 17.3 Å². The Morgan fingerprint density at radius 1 is 1.14 bits per heavy atom. The number of ketones is 1. The molecule has 4 rings (SSSR count). The van der Waals surface area contributed by atoms with Crippen LogP contribution in [0.4, 0.5) is 0 Å². The van der Waals surface area contributed by atoms with E-state index >= 15 is 0 Å². The molecule has 4 aliphatic carbocycles. The normalized spacial score (nSPS) is 52.7. The van der Waals surface area contributed by atoms with Gasteiger partial charge in [-0.05, 0) is 74.5 Å². The summed E-state index contributed by atoms with van der Waals surface area (Å²) < 4.78 is 0. The second kappa shape index (κ2) is 4.44. The lowest BCUT2D eigenvalue weighted by molar-refractivity contribution is -0.137. The van der Waals surface area contributed by atoms with Crippen molar-refractivity contribution < 1.29 is 9.90 Å². The standard InChI is InChI=1S/C19H28O2/c1-18-9-4-3-5-12(18)6-7-13-14(18)8-10-19(2)15(13)11-16(20)17(19)21/h5,13-16,20H,3-4,6-11H2,1-2H3/t13-,14+,15+,16-,18+,19+/m1/s1. The molecule has 0 radical (unpaired) electrons. The van der Waals surface area contributed by atoms with E-state index in [4.69, 9.17) is 0 Å². The molecule has 0 bridgehead atoms. The molecule has 0 aliphatic heterocycles. The lowest BCUT2D eigenvalue weighted by atomic mass is 9.47. The van der Waals surface area contributed by atoms with Crippen LogP contribution < -0.4 is 0 Å². The highest BCUT2D eigenvalue weighted by Gasteiger charge is 2.60. The van der Waals surface area contributed by atoms with E-state index in [1.807, 2.05) is 0 Å². The maximum Gasteiger partial charge on any atom is 0.167 e. The fourth-order valence-corrected chi connectivity index (χ4v) is 6.54. The number of fused-ring (bicyclic) bond motifs is 5. The Hall–Kier alpha value is -0.630. The molecule has 0 spiro atoms. The van der Waals surface area contributed by atoms with Crippen molar-refractivity contribution in [2.45, 2.75) is 71.3 Å². The lowest BCUT2D eigenvalue weighted by Gasteiger charge is -2.57. The molecule has 0 unspecified atom stereocenters. The number of hydrogen-bond acceptors (Lipinski definition) is 2. The van der Waals surface area contributed by atoms with Crippen molar-refractivity contribution >= 4 is 5.78 Å². The number of rotatable bonds is 0. The SMILES string of the molecule is C[C@]12CCCC=C1CC[C@@H]1[C@@H]2CC[C@]2(C)C(=O)[C@H](O)C[C@@H]12. The highest BCUT2D eigenvalue weighted by Crippen LogP contribution is 2.64. The minimum atomic E-state index is -0.685. The zero-order valence-corrected chi connectivity index (χ0v) is 13.4. The predicted octanol–water partition coefficient (Wildman–Crippen LogP) is 3.88. The molecule has 0 saturated heterocycles. The van der Waals surface area contributed by atoms with Gasteiger partial charge in [-0.3, -0.25) is 4.79 Å². The van der Waals surface area contributed by atoms with Crippen LogP contribution in [0.25, 0.3) is 0 Å². The Kier molecular flexibility index (Phi) is 2.96. The Morgan fingerprint density at radius 2 is 1.95 bits per heavy atom. The molecule has 0 heterocycles. The fourth-order valence-electron chi connectivity index (χ4n) is 6.54. The third-order valence-electron chi connectivity index (χ3n) is 7.76. The van der Waals surface area contributed by atoms with Crippen LogP contribution in [0.1, 0.15) is 65.2 Å². The molecule has 4 aliphatic rings. The molecule has 0 aromatic rings. The predicted molar refractivity (Wildman–Crippen MR) is 82.7 cm³/mol. The first kappa shape index (κ1) is 14.0. The summed E-state index contributed by atoms with van der Waals surface area (Å²) in [7, 11) is 0. The van der Waals surface area contributed by atoms with E-state index in [0.717, 1.165) is 18.8 Å². The summed E-state index contributed by atoms with van der Waals surface area (Å²) >= 11 is 0. The van der Waals surface area contributed by atoms with Crippen molar-refractivity contribution in [1.29, 1.82) is 0 Å². The summed E-state index contributed by atoms with van der Waals surface area (Å²) in [4.78, 5) is 12.4. The average molecular weight is 288 g/mol. The highest BCUT2D eigenvalue weighted by atomic mass is 16.3. The molecule has 116 valence electrons. The molecule has 6 atom stereocenters. The molecule has 3 fully saturated rings. The number of aliphatic hydroxyl groups excluding tert-OH is 1. The third kappa shape index (κ3) is 1.72. The average Bonchev–Trinajstić information content (AvgIpc) is 2.70. The van der Waals surface area contributed by atoms with Gasteiger partial charge in [0.1, 0.15) is 6.10 Å². The van der Waals surface area contributed by atoms with Crippen LogP contribution >= 0.6 is 0 Å². The number of aliphatic hydroxyl groups is 1. The van der Waals surface area contributed by atoms with Gasteiger partial charge in [0.2, 0.25) is 0 Å². The highest BCUT2D eigenvalue weighted by molar-refractivity contribution is 5.91. The topological polar surface area (TPSA) is 37.3 Å². The summed E-state index contributed by atoms with van der Waals surface area (Å²) in [6, 6.07) is 0. The maximum absolute atomic E-state index is 12.4. The molecule has 3 saturated carbocycles. The fraction of sp³-hybridized carbons (Fsp3) is 0.842. The Labute approximate surface area is 128 Å². The van der Waals surface area contributed by atoms with Crippen LogP contribution in [0.5, 0.6) is 0 Å². The molecule has 2 nitrogen and oxygen atoms in total. The number of carbonyl (C=O) groups is 1. The summed E-state index contributed by atoms with van der Waals surface area (Å²) in [6.45, 7) is 4.63. The van der Waals surface area contributed by atoms with E-state index in [9.17, 15) is 9.90 Å². The van der Waals surface area contributed by atoms with Gasteiger partial charge in [0.05, 0.1) is 0 Å². The van der Waals surface area contributed by atoms with E-state index in [-0.39, 0.29) is 11.2 Å². The molecule has 2 heteroatoms.